The summed E-state index contributed by atoms with van der Waals surface area (Å²) in [5.74, 6) is 0. The van der Waals surface area contributed by atoms with Gasteiger partial charge in [-0.15, -0.1) is 0 Å². The molecule has 1 aromatic heterocycles. The summed E-state index contributed by atoms with van der Waals surface area (Å²) in [4.78, 5) is 0. The summed E-state index contributed by atoms with van der Waals surface area (Å²) in [5.41, 5.74) is 6.04. The lowest BCUT2D eigenvalue weighted by molar-refractivity contribution is 0.686. The quantitative estimate of drug-likeness (QED) is 0.380. The summed E-state index contributed by atoms with van der Waals surface area (Å²) in [6, 6.07) is 24.6. The van der Waals surface area contributed by atoms with Crippen molar-refractivity contribution in [2.24, 2.45) is 0 Å². The first-order valence-corrected chi connectivity index (χ1v) is 10.1. The average molecular weight is 409 g/mol. The van der Waals surface area contributed by atoms with Crippen LogP contribution in [-0.4, -0.2) is 4.57 Å². The highest BCUT2D eigenvalue weighted by molar-refractivity contribution is 6.31. The molecule has 1 heterocycles. The standard InChI is InChI=1S/C24H22Cl2N2/c1-17-21(15-27-14-18-8-2-5-11-22(18)25)20-10-4-7-13-24(20)28(17)16-19-9-3-6-12-23(19)26/h2-13,27H,14-16H2,1H3. The smallest absolute Gasteiger partial charge is 0.0493 e. The molecule has 4 aromatic rings. The second kappa shape index (κ2) is 8.40. The van der Waals surface area contributed by atoms with Gasteiger partial charge >= 0.3 is 0 Å². The second-order valence-corrected chi connectivity index (χ2v) is 7.77. The number of hydrogen-bond acceptors (Lipinski definition) is 1. The van der Waals surface area contributed by atoms with Crippen LogP contribution in [0.5, 0.6) is 0 Å². The average Bonchev–Trinajstić information content (AvgIpc) is 2.97. The normalized spacial score (nSPS) is 11.2. The molecule has 0 aliphatic carbocycles. The van der Waals surface area contributed by atoms with Gasteiger partial charge in [0, 0.05) is 46.3 Å². The number of benzene rings is 3. The minimum absolute atomic E-state index is 0.739. The maximum atomic E-state index is 6.41. The number of rotatable bonds is 6. The van der Waals surface area contributed by atoms with Crippen LogP contribution < -0.4 is 5.32 Å². The van der Waals surface area contributed by atoms with Crippen molar-refractivity contribution < 1.29 is 0 Å². The van der Waals surface area contributed by atoms with Crippen molar-refractivity contribution in [3.8, 4) is 0 Å². The third-order valence-corrected chi connectivity index (χ3v) is 5.96. The van der Waals surface area contributed by atoms with Crippen LogP contribution in [0.2, 0.25) is 10.0 Å². The van der Waals surface area contributed by atoms with Gasteiger partial charge in [-0.1, -0.05) is 77.8 Å². The van der Waals surface area contributed by atoms with E-state index in [0.29, 0.717) is 0 Å². The van der Waals surface area contributed by atoms with Gasteiger partial charge in [-0.2, -0.15) is 0 Å². The Labute approximate surface area is 175 Å². The first-order valence-electron chi connectivity index (χ1n) is 9.39. The molecule has 0 fully saturated rings. The van der Waals surface area contributed by atoms with E-state index in [0.717, 1.165) is 40.8 Å². The van der Waals surface area contributed by atoms with Gasteiger partial charge in [-0.05, 0) is 41.8 Å². The molecule has 0 atom stereocenters. The molecule has 2 nitrogen and oxygen atoms in total. The summed E-state index contributed by atoms with van der Waals surface area (Å²) >= 11 is 12.7. The fourth-order valence-electron chi connectivity index (χ4n) is 3.69. The Morgan fingerprint density at radius 3 is 2.07 bits per heavy atom. The minimum atomic E-state index is 0.739. The molecule has 3 aromatic carbocycles. The van der Waals surface area contributed by atoms with Crippen LogP contribution in [-0.2, 0) is 19.6 Å². The highest BCUT2D eigenvalue weighted by atomic mass is 35.5. The fraction of sp³-hybridized carbons (Fsp3) is 0.167. The van der Waals surface area contributed by atoms with Crippen LogP contribution in [0.1, 0.15) is 22.4 Å². The Morgan fingerprint density at radius 2 is 1.36 bits per heavy atom. The summed E-state index contributed by atoms with van der Waals surface area (Å²) in [6.45, 7) is 4.47. The van der Waals surface area contributed by atoms with Crippen LogP contribution >= 0.6 is 23.2 Å². The Morgan fingerprint density at radius 1 is 0.750 bits per heavy atom. The van der Waals surface area contributed by atoms with Gasteiger partial charge < -0.3 is 9.88 Å². The predicted molar refractivity (Wildman–Crippen MR) is 119 cm³/mol. The lowest BCUT2D eigenvalue weighted by Crippen LogP contribution is -2.14. The van der Waals surface area contributed by atoms with Crippen LogP contribution in [0.3, 0.4) is 0 Å². The summed E-state index contributed by atoms with van der Waals surface area (Å²) in [7, 11) is 0. The van der Waals surface area contributed by atoms with Crippen LogP contribution in [0, 0.1) is 6.92 Å². The van der Waals surface area contributed by atoms with Crippen molar-refractivity contribution >= 4 is 34.1 Å². The van der Waals surface area contributed by atoms with Gasteiger partial charge in [0.1, 0.15) is 0 Å². The van der Waals surface area contributed by atoms with E-state index in [1.165, 1.54) is 22.2 Å². The number of nitrogens with one attached hydrogen (secondary N) is 1. The van der Waals surface area contributed by atoms with Crippen molar-refractivity contribution in [1.29, 1.82) is 0 Å². The Hall–Kier alpha value is -2.26. The molecule has 0 saturated heterocycles. The van der Waals surface area contributed by atoms with Crippen LogP contribution in [0.25, 0.3) is 10.9 Å². The highest BCUT2D eigenvalue weighted by Gasteiger charge is 2.14. The molecule has 0 aliphatic rings. The van der Waals surface area contributed by atoms with E-state index in [-0.39, 0.29) is 0 Å². The molecule has 1 N–H and O–H groups in total. The van der Waals surface area contributed by atoms with E-state index >= 15 is 0 Å². The van der Waals surface area contributed by atoms with Crippen molar-refractivity contribution in [2.45, 2.75) is 26.6 Å². The van der Waals surface area contributed by atoms with Gasteiger partial charge in [0.15, 0.2) is 0 Å². The van der Waals surface area contributed by atoms with E-state index < -0.39 is 0 Å². The maximum absolute atomic E-state index is 6.41. The Bertz CT molecular complexity index is 1110. The summed E-state index contributed by atoms with van der Waals surface area (Å²) < 4.78 is 2.35. The van der Waals surface area contributed by atoms with Gasteiger partial charge in [-0.25, -0.2) is 0 Å². The zero-order chi connectivity index (χ0) is 19.5. The van der Waals surface area contributed by atoms with Crippen molar-refractivity contribution in [3.05, 3.63) is 105 Å². The first kappa shape index (κ1) is 19.1. The lowest BCUT2D eigenvalue weighted by atomic mass is 10.1. The molecule has 0 radical (unpaired) electrons. The molecule has 4 rings (SSSR count). The van der Waals surface area contributed by atoms with Crippen LogP contribution in [0.15, 0.2) is 72.8 Å². The van der Waals surface area contributed by atoms with E-state index in [2.05, 4.69) is 53.2 Å². The fourth-order valence-corrected chi connectivity index (χ4v) is 4.09. The molecule has 4 heteroatoms. The van der Waals surface area contributed by atoms with Gasteiger partial charge in [-0.3, -0.25) is 0 Å². The predicted octanol–water partition coefficient (Wildman–Crippen LogP) is 6.59. The largest absolute Gasteiger partial charge is 0.340 e. The number of halogens is 2. The lowest BCUT2D eigenvalue weighted by Gasteiger charge is -2.11. The zero-order valence-electron chi connectivity index (χ0n) is 15.8. The van der Waals surface area contributed by atoms with E-state index in [1.54, 1.807) is 0 Å². The van der Waals surface area contributed by atoms with E-state index in [4.69, 9.17) is 23.2 Å². The maximum Gasteiger partial charge on any atom is 0.0493 e. The third-order valence-electron chi connectivity index (χ3n) is 5.22. The Kier molecular flexibility index (Phi) is 5.72. The summed E-state index contributed by atoms with van der Waals surface area (Å²) in [5, 5.41) is 6.44. The zero-order valence-corrected chi connectivity index (χ0v) is 17.3. The van der Waals surface area contributed by atoms with Crippen molar-refractivity contribution in [1.82, 2.24) is 9.88 Å². The third kappa shape index (κ3) is 3.81. The molecule has 0 saturated carbocycles. The molecular weight excluding hydrogens is 387 g/mol. The highest BCUT2D eigenvalue weighted by Crippen LogP contribution is 2.28. The van der Waals surface area contributed by atoms with Gasteiger partial charge in [0.25, 0.3) is 0 Å². The number of nitrogens with zero attached hydrogens (tertiary/aromatic N) is 1. The van der Waals surface area contributed by atoms with Crippen molar-refractivity contribution in [3.63, 3.8) is 0 Å². The van der Waals surface area contributed by atoms with Gasteiger partial charge in [0.2, 0.25) is 0 Å². The first-order chi connectivity index (χ1) is 13.6. The van der Waals surface area contributed by atoms with Gasteiger partial charge in [0.05, 0.1) is 0 Å². The number of fused-ring (bicyclic) bond motifs is 1. The molecule has 142 valence electrons. The number of aromatic nitrogens is 1. The molecule has 0 bridgehead atoms. The van der Waals surface area contributed by atoms with E-state index in [9.17, 15) is 0 Å². The van der Waals surface area contributed by atoms with Crippen molar-refractivity contribution in [2.75, 3.05) is 0 Å². The molecule has 0 spiro atoms. The molecular formula is C24H22Cl2N2. The molecule has 0 amide bonds. The summed E-state index contributed by atoms with van der Waals surface area (Å²) in [6.07, 6.45) is 0. The van der Waals surface area contributed by atoms with Crippen LogP contribution in [0.4, 0.5) is 0 Å². The molecule has 0 unspecified atom stereocenters. The second-order valence-electron chi connectivity index (χ2n) is 6.95. The number of para-hydroxylation sites is 1. The molecule has 0 aliphatic heterocycles. The topological polar surface area (TPSA) is 17.0 Å². The number of hydrogen-bond donors (Lipinski definition) is 1. The Balaban J connectivity index is 1.63. The molecule has 28 heavy (non-hydrogen) atoms. The monoisotopic (exact) mass is 408 g/mol. The SMILES string of the molecule is Cc1c(CNCc2ccccc2Cl)c2ccccc2n1Cc1ccccc1Cl. The minimum Gasteiger partial charge on any atom is -0.340 e. The van der Waals surface area contributed by atoms with E-state index in [1.807, 2.05) is 36.4 Å².